The van der Waals surface area contributed by atoms with Crippen molar-refractivity contribution in [2.45, 2.75) is 50.5 Å². The quantitative estimate of drug-likeness (QED) is 0.547. The lowest BCUT2D eigenvalue weighted by Crippen LogP contribution is -2.40. The monoisotopic (exact) mass is 489 g/mol. The fourth-order valence-electron chi connectivity index (χ4n) is 4.45. The van der Waals surface area contributed by atoms with Gasteiger partial charge in [0, 0.05) is 37.4 Å². The van der Waals surface area contributed by atoms with Crippen molar-refractivity contribution in [1.82, 2.24) is 18.8 Å². The van der Waals surface area contributed by atoms with Crippen molar-refractivity contribution in [3.63, 3.8) is 0 Å². The Morgan fingerprint density at radius 1 is 1.21 bits per heavy atom. The molecule has 1 N–H and O–H groups in total. The largest absolute Gasteiger partial charge is 0.379 e. The molecule has 11 heteroatoms. The van der Waals surface area contributed by atoms with Crippen LogP contribution in [0.25, 0.3) is 11.0 Å². The summed E-state index contributed by atoms with van der Waals surface area (Å²) in [6.07, 6.45) is 3.93. The second-order valence-corrected chi connectivity index (χ2v) is 11.3. The highest BCUT2D eigenvalue weighted by Gasteiger charge is 2.27. The summed E-state index contributed by atoms with van der Waals surface area (Å²) < 4.78 is 34.8. The highest BCUT2D eigenvalue weighted by molar-refractivity contribution is 7.89. The maximum Gasteiger partial charge on any atom is 0.243 e. The van der Waals surface area contributed by atoms with E-state index in [2.05, 4.69) is 15.3 Å². The topological polar surface area (TPSA) is 106 Å². The molecule has 2 aliphatic rings. The van der Waals surface area contributed by atoms with Crippen LogP contribution in [-0.4, -0.2) is 59.5 Å². The maximum atomic E-state index is 13.0. The molecule has 1 aliphatic carbocycles. The van der Waals surface area contributed by atoms with Crippen LogP contribution >= 0.6 is 11.3 Å². The van der Waals surface area contributed by atoms with Gasteiger partial charge in [0.25, 0.3) is 0 Å². The number of carbonyl (C=O) groups excluding carboxylic acids is 1. The number of imidazole rings is 1. The van der Waals surface area contributed by atoms with E-state index in [0.29, 0.717) is 49.9 Å². The Kier molecular flexibility index (Phi) is 6.21. The number of hydrogen-bond acceptors (Lipinski definition) is 7. The first-order chi connectivity index (χ1) is 16.0. The summed E-state index contributed by atoms with van der Waals surface area (Å²) in [4.78, 5) is 23.2. The van der Waals surface area contributed by atoms with Gasteiger partial charge in [-0.05, 0) is 44.4 Å². The number of rotatable bonds is 7. The minimum atomic E-state index is -3.59. The standard InChI is InChI=1S/C22H27N5O4S2/c1-2-27-18-7-6-15(33(29,30)26-10-12-31-13-11-26)14-17(18)23-20(27)8-9-21(28)25-22-24-16-4-3-5-19(16)32-22/h6-7,14H,2-5,8-13H2,1H3,(H,24,25,28). The van der Waals surface area contributed by atoms with Crippen LogP contribution in [-0.2, 0) is 45.4 Å². The van der Waals surface area contributed by atoms with Gasteiger partial charge < -0.3 is 14.6 Å². The third-order valence-corrected chi connectivity index (χ3v) is 9.11. The molecule has 1 saturated heterocycles. The summed E-state index contributed by atoms with van der Waals surface area (Å²) >= 11 is 1.57. The molecule has 1 aliphatic heterocycles. The number of morpholine rings is 1. The maximum absolute atomic E-state index is 13.0. The Bertz CT molecular complexity index is 1270. The first kappa shape index (κ1) is 22.5. The van der Waals surface area contributed by atoms with E-state index in [0.717, 1.165) is 36.3 Å². The molecule has 0 atom stereocenters. The van der Waals surface area contributed by atoms with E-state index in [4.69, 9.17) is 4.74 Å². The molecule has 1 fully saturated rings. The van der Waals surface area contributed by atoms with Crippen LogP contribution in [0.4, 0.5) is 5.13 Å². The molecule has 3 heterocycles. The average Bonchev–Trinajstić information content (AvgIpc) is 3.50. The zero-order valence-electron chi connectivity index (χ0n) is 18.5. The number of sulfonamides is 1. The first-order valence-electron chi connectivity index (χ1n) is 11.3. The number of amides is 1. The molecule has 0 radical (unpaired) electrons. The van der Waals surface area contributed by atoms with E-state index in [1.54, 1.807) is 29.5 Å². The van der Waals surface area contributed by atoms with E-state index >= 15 is 0 Å². The molecule has 0 spiro atoms. The zero-order chi connectivity index (χ0) is 23.0. The number of ether oxygens (including phenoxy) is 1. The predicted molar refractivity (Wildman–Crippen MR) is 126 cm³/mol. The van der Waals surface area contributed by atoms with Gasteiger partial charge >= 0.3 is 0 Å². The van der Waals surface area contributed by atoms with Crippen molar-refractivity contribution in [3.05, 3.63) is 34.6 Å². The van der Waals surface area contributed by atoms with Gasteiger partial charge in [0.15, 0.2) is 5.13 Å². The minimum absolute atomic E-state index is 0.0901. The van der Waals surface area contributed by atoms with Crippen LogP contribution in [0.2, 0.25) is 0 Å². The van der Waals surface area contributed by atoms with Crippen molar-refractivity contribution >= 4 is 43.4 Å². The van der Waals surface area contributed by atoms with E-state index in [1.165, 1.54) is 9.18 Å². The SMILES string of the molecule is CCn1c(CCC(=O)Nc2nc3c(s2)CCC3)nc2cc(S(=O)(=O)N3CCOCC3)ccc21. The number of thiazole rings is 1. The number of anilines is 1. The van der Waals surface area contributed by atoms with Crippen LogP contribution < -0.4 is 5.32 Å². The molecule has 176 valence electrons. The van der Waals surface area contributed by atoms with E-state index in [9.17, 15) is 13.2 Å². The highest BCUT2D eigenvalue weighted by atomic mass is 32.2. The lowest BCUT2D eigenvalue weighted by atomic mass is 10.3. The molecule has 5 rings (SSSR count). The molecule has 0 unspecified atom stereocenters. The molecular formula is C22H27N5O4S2. The third-order valence-electron chi connectivity index (χ3n) is 6.14. The second-order valence-electron chi connectivity index (χ2n) is 8.23. The molecule has 2 aromatic heterocycles. The van der Waals surface area contributed by atoms with Crippen LogP contribution in [0, 0.1) is 0 Å². The Balaban J connectivity index is 1.31. The first-order valence-corrected chi connectivity index (χ1v) is 13.6. The number of fused-ring (bicyclic) bond motifs is 2. The second kappa shape index (κ2) is 9.13. The Morgan fingerprint density at radius 2 is 2.03 bits per heavy atom. The van der Waals surface area contributed by atoms with Crippen LogP contribution in [0.15, 0.2) is 23.1 Å². The molecule has 1 amide bonds. The van der Waals surface area contributed by atoms with E-state index in [-0.39, 0.29) is 17.2 Å². The summed E-state index contributed by atoms with van der Waals surface area (Å²) in [5.41, 5.74) is 2.61. The molecule has 0 bridgehead atoms. The smallest absolute Gasteiger partial charge is 0.243 e. The van der Waals surface area contributed by atoms with Gasteiger partial charge in [-0.3, -0.25) is 4.79 Å². The minimum Gasteiger partial charge on any atom is -0.379 e. The van der Waals surface area contributed by atoms with Crippen LogP contribution in [0.5, 0.6) is 0 Å². The van der Waals surface area contributed by atoms with E-state index in [1.807, 2.05) is 11.5 Å². The number of aryl methyl sites for hydroxylation is 4. The third kappa shape index (κ3) is 4.42. The van der Waals surface area contributed by atoms with Gasteiger partial charge in [-0.25, -0.2) is 18.4 Å². The molecule has 1 aromatic carbocycles. The van der Waals surface area contributed by atoms with Gasteiger partial charge in [0.1, 0.15) is 5.82 Å². The van der Waals surface area contributed by atoms with Crippen molar-refractivity contribution in [1.29, 1.82) is 0 Å². The van der Waals surface area contributed by atoms with Crippen molar-refractivity contribution in [3.8, 4) is 0 Å². The summed E-state index contributed by atoms with van der Waals surface area (Å²) in [7, 11) is -3.59. The number of benzene rings is 1. The number of nitrogens with zero attached hydrogens (tertiary/aromatic N) is 4. The number of nitrogens with one attached hydrogen (secondary N) is 1. The molecule has 33 heavy (non-hydrogen) atoms. The molecule has 9 nitrogen and oxygen atoms in total. The Morgan fingerprint density at radius 3 is 2.79 bits per heavy atom. The van der Waals surface area contributed by atoms with Crippen molar-refractivity contribution in [2.24, 2.45) is 0 Å². The molecule has 0 saturated carbocycles. The zero-order valence-corrected chi connectivity index (χ0v) is 20.2. The van der Waals surface area contributed by atoms with Crippen molar-refractivity contribution in [2.75, 3.05) is 31.6 Å². The van der Waals surface area contributed by atoms with E-state index < -0.39 is 10.0 Å². The normalized spacial score (nSPS) is 16.9. The van der Waals surface area contributed by atoms with Gasteiger partial charge in [-0.1, -0.05) is 0 Å². The fraction of sp³-hybridized carbons (Fsp3) is 0.500. The molecular weight excluding hydrogens is 462 g/mol. The highest BCUT2D eigenvalue weighted by Crippen LogP contribution is 2.30. The number of carbonyl (C=O) groups is 1. The van der Waals surface area contributed by atoms with Gasteiger partial charge in [0.05, 0.1) is 34.8 Å². The summed E-state index contributed by atoms with van der Waals surface area (Å²) in [5, 5.41) is 3.59. The van der Waals surface area contributed by atoms with Gasteiger partial charge in [-0.2, -0.15) is 4.31 Å². The van der Waals surface area contributed by atoms with Crippen LogP contribution in [0.3, 0.4) is 0 Å². The lowest BCUT2D eigenvalue weighted by molar-refractivity contribution is -0.116. The summed E-state index contributed by atoms with van der Waals surface area (Å²) in [5.74, 6) is 0.679. The lowest BCUT2D eigenvalue weighted by Gasteiger charge is -2.26. The predicted octanol–water partition coefficient (Wildman–Crippen LogP) is 2.59. The summed E-state index contributed by atoms with van der Waals surface area (Å²) in [6.45, 7) is 4.21. The van der Waals surface area contributed by atoms with Gasteiger partial charge in [-0.15, -0.1) is 11.3 Å². The fourth-order valence-corrected chi connectivity index (χ4v) is 6.95. The Hall–Kier alpha value is -2.34. The average molecular weight is 490 g/mol. The van der Waals surface area contributed by atoms with Crippen molar-refractivity contribution < 1.29 is 17.9 Å². The number of aromatic nitrogens is 3. The Labute approximate surface area is 196 Å². The number of hydrogen-bond donors (Lipinski definition) is 1. The molecule has 3 aromatic rings. The van der Waals surface area contributed by atoms with Crippen LogP contribution in [0.1, 0.15) is 36.2 Å². The summed E-state index contributed by atoms with van der Waals surface area (Å²) in [6, 6.07) is 5.08. The van der Waals surface area contributed by atoms with Gasteiger partial charge in [0.2, 0.25) is 15.9 Å².